The van der Waals surface area contributed by atoms with Crippen LogP contribution in [-0.4, -0.2) is 76.4 Å². The number of ether oxygens (including phenoxy) is 4. The Hall–Kier alpha value is -3.50. The van der Waals surface area contributed by atoms with Crippen LogP contribution in [0.4, 0.5) is 5.82 Å². The highest BCUT2D eigenvalue weighted by Crippen LogP contribution is 2.49. The Morgan fingerprint density at radius 1 is 1.09 bits per heavy atom. The molecule has 3 fully saturated rings. The van der Waals surface area contributed by atoms with Crippen molar-refractivity contribution in [3.8, 4) is 11.5 Å². The minimum Gasteiger partial charge on any atom is -0.497 e. The lowest BCUT2D eigenvalue weighted by atomic mass is 9.75. The summed E-state index contributed by atoms with van der Waals surface area (Å²) in [7, 11) is 3.34. The maximum atomic E-state index is 8.12. The molecule has 256 valence electrons. The van der Waals surface area contributed by atoms with Crippen molar-refractivity contribution in [3.05, 3.63) is 42.4 Å². The summed E-state index contributed by atoms with van der Waals surface area (Å²) in [6.45, 7) is 12.7. The predicted octanol–water partition coefficient (Wildman–Crippen LogP) is 6.24. The van der Waals surface area contributed by atoms with Crippen molar-refractivity contribution >= 4 is 23.0 Å². The molecule has 0 unspecified atom stereocenters. The Kier molecular flexibility index (Phi) is 11.2. The molecule has 0 amide bonds. The smallest absolute Gasteiger partial charge is 0.373 e. The van der Waals surface area contributed by atoms with E-state index in [1.54, 1.807) is 20.5 Å². The highest BCUT2D eigenvalue weighted by Gasteiger charge is 2.55. The van der Waals surface area contributed by atoms with Crippen LogP contribution in [-0.2, 0) is 25.6 Å². The van der Waals surface area contributed by atoms with Gasteiger partial charge in [-0.05, 0) is 71.1 Å². The first-order valence-electron chi connectivity index (χ1n) is 17.0. The molecule has 2 aliphatic carbocycles. The topological polar surface area (TPSA) is 117 Å². The summed E-state index contributed by atoms with van der Waals surface area (Å²) in [4.78, 5) is 28.4. The van der Waals surface area contributed by atoms with Crippen LogP contribution in [0.15, 0.2) is 36.8 Å². The van der Waals surface area contributed by atoms with Crippen molar-refractivity contribution in [2.75, 3.05) is 26.1 Å². The fourth-order valence-electron chi connectivity index (χ4n) is 7.82. The molecule has 1 saturated heterocycles. The number of nitrogens with one attached hydrogen (secondary N) is 1. The summed E-state index contributed by atoms with van der Waals surface area (Å²) in [6, 6.07) is 9.32. The van der Waals surface area contributed by atoms with E-state index in [9.17, 15) is 0 Å². The normalized spacial score (nSPS) is 26.0. The van der Waals surface area contributed by atoms with Gasteiger partial charge in [-0.1, -0.05) is 26.2 Å². The molecule has 3 heterocycles. The highest BCUT2D eigenvalue weighted by atomic mass is 16.8. The molecule has 1 aromatic carbocycles. The van der Waals surface area contributed by atoms with Crippen LogP contribution in [0.25, 0.3) is 11.0 Å². The Labute approximate surface area is 278 Å². The van der Waals surface area contributed by atoms with E-state index >= 15 is 0 Å². The molecule has 47 heavy (non-hydrogen) atoms. The molecule has 0 spiro atoms. The van der Waals surface area contributed by atoms with Gasteiger partial charge in [0.15, 0.2) is 5.79 Å². The first-order valence-corrected chi connectivity index (χ1v) is 17.0. The third-order valence-electron chi connectivity index (χ3n) is 10.1. The maximum absolute atomic E-state index is 8.12. The number of rotatable bonds is 13. The first-order chi connectivity index (χ1) is 22.6. The molecule has 0 bridgehead atoms. The predicted molar refractivity (Wildman–Crippen MR) is 178 cm³/mol. The van der Waals surface area contributed by atoms with Crippen LogP contribution in [0.1, 0.15) is 84.7 Å². The van der Waals surface area contributed by atoms with Gasteiger partial charge < -0.3 is 28.8 Å². The Morgan fingerprint density at radius 2 is 1.83 bits per heavy atom. The second-order valence-electron chi connectivity index (χ2n) is 13.8. The van der Waals surface area contributed by atoms with Crippen molar-refractivity contribution in [1.29, 1.82) is 0 Å². The molecule has 3 aromatic rings. The molecule has 0 radical (unpaired) electrons. The summed E-state index contributed by atoms with van der Waals surface area (Å²) in [5.74, 6) is 3.03. The number of hydrogen-bond acceptors (Lipinski definition) is 10. The van der Waals surface area contributed by atoms with E-state index in [1.807, 2.05) is 18.2 Å². The summed E-state index contributed by atoms with van der Waals surface area (Å²) in [6.07, 6.45) is 11.8. The SMILES string of the molecule is CCCCC1CC(N(C[C@H]2C[C@@H](n3ccc4c(NCc5ccc(OC)cc5OC)ncnc43)[C@@H]3OC(C)(C)O[C@H]23)C(C)C)C1.O=C=O. The zero-order chi connectivity index (χ0) is 33.7. The lowest BCUT2D eigenvalue weighted by molar-refractivity contribution is -0.191. The molecule has 11 heteroatoms. The molecule has 11 nitrogen and oxygen atoms in total. The largest absolute Gasteiger partial charge is 0.497 e. The van der Waals surface area contributed by atoms with E-state index in [4.69, 9.17) is 33.5 Å². The number of benzene rings is 1. The second kappa shape index (κ2) is 15.2. The Bertz CT molecular complexity index is 1510. The number of hydrogen-bond donors (Lipinski definition) is 1. The van der Waals surface area contributed by atoms with Gasteiger partial charge in [0.2, 0.25) is 0 Å². The van der Waals surface area contributed by atoms with E-state index in [0.29, 0.717) is 24.5 Å². The zero-order valence-corrected chi connectivity index (χ0v) is 28.9. The number of nitrogens with zero attached hydrogens (tertiary/aromatic N) is 4. The molecule has 1 aliphatic heterocycles. The van der Waals surface area contributed by atoms with Gasteiger partial charge in [-0.3, -0.25) is 4.90 Å². The summed E-state index contributed by atoms with van der Waals surface area (Å²) < 4.78 is 26.5. The molecule has 6 rings (SSSR count). The van der Waals surface area contributed by atoms with Gasteiger partial charge in [0.05, 0.1) is 31.8 Å². The van der Waals surface area contributed by atoms with E-state index < -0.39 is 5.79 Å². The van der Waals surface area contributed by atoms with Crippen molar-refractivity contribution in [3.63, 3.8) is 0 Å². The van der Waals surface area contributed by atoms with Crippen LogP contribution < -0.4 is 14.8 Å². The van der Waals surface area contributed by atoms with Crippen LogP contribution in [0, 0.1) is 11.8 Å². The summed E-state index contributed by atoms with van der Waals surface area (Å²) >= 11 is 0. The number of aromatic nitrogens is 3. The Balaban J connectivity index is 0.00000139. The van der Waals surface area contributed by atoms with Gasteiger partial charge in [0, 0.05) is 48.9 Å². The number of methoxy groups -OCH3 is 2. The van der Waals surface area contributed by atoms with Crippen LogP contribution in [0.2, 0.25) is 0 Å². The highest BCUT2D eigenvalue weighted by molar-refractivity contribution is 5.87. The van der Waals surface area contributed by atoms with Crippen LogP contribution in [0.5, 0.6) is 11.5 Å². The molecule has 4 atom stereocenters. The molecular formula is C36H51N5O6. The third-order valence-corrected chi connectivity index (χ3v) is 10.1. The lowest BCUT2D eigenvalue weighted by Crippen LogP contribution is -2.50. The van der Waals surface area contributed by atoms with E-state index in [0.717, 1.165) is 52.8 Å². The Morgan fingerprint density at radius 3 is 2.51 bits per heavy atom. The van der Waals surface area contributed by atoms with E-state index in [1.165, 1.54) is 32.1 Å². The quantitative estimate of drug-likeness (QED) is 0.228. The van der Waals surface area contributed by atoms with Crippen molar-refractivity contribution < 1.29 is 28.5 Å². The maximum Gasteiger partial charge on any atom is 0.373 e. The molecular weight excluding hydrogens is 598 g/mol. The monoisotopic (exact) mass is 649 g/mol. The minimum absolute atomic E-state index is 0.0201. The molecule has 2 aromatic heterocycles. The summed E-state index contributed by atoms with van der Waals surface area (Å²) in [5, 5.41) is 4.52. The average molecular weight is 650 g/mol. The van der Waals surface area contributed by atoms with E-state index in [-0.39, 0.29) is 24.4 Å². The molecule has 1 N–H and O–H groups in total. The van der Waals surface area contributed by atoms with Crippen molar-refractivity contribution in [1.82, 2.24) is 19.4 Å². The fraction of sp³-hybridized carbons (Fsp3) is 0.639. The zero-order valence-electron chi connectivity index (χ0n) is 28.9. The molecule has 3 aliphatic rings. The van der Waals surface area contributed by atoms with Gasteiger partial charge in [0.1, 0.15) is 35.4 Å². The first kappa shape index (κ1) is 34.8. The van der Waals surface area contributed by atoms with Crippen molar-refractivity contribution in [2.45, 2.75) is 116 Å². The van der Waals surface area contributed by atoms with Gasteiger partial charge in [0.25, 0.3) is 0 Å². The van der Waals surface area contributed by atoms with Gasteiger partial charge in [-0.25, -0.2) is 9.97 Å². The molecule has 2 saturated carbocycles. The van der Waals surface area contributed by atoms with E-state index in [2.05, 4.69) is 66.6 Å². The second-order valence-corrected chi connectivity index (χ2v) is 13.8. The number of unbranched alkanes of at least 4 members (excludes halogenated alkanes) is 1. The van der Waals surface area contributed by atoms with Gasteiger partial charge in [-0.2, -0.15) is 9.59 Å². The van der Waals surface area contributed by atoms with Gasteiger partial charge >= 0.3 is 6.15 Å². The number of fused-ring (bicyclic) bond motifs is 2. The summed E-state index contributed by atoms with van der Waals surface area (Å²) in [5.41, 5.74) is 1.94. The van der Waals surface area contributed by atoms with Crippen LogP contribution >= 0.6 is 0 Å². The number of anilines is 1. The minimum atomic E-state index is -0.599. The standard InChI is InChI=1S/C35H51N5O4.CO2/c1-8-9-10-23-15-26(16-23)40(22(2)3)20-25-17-29(32-31(25)43-35(4,5)44-32)39-14-13-28-33(37-21-38-34(28)39)36-19-24-11-12-27(41-6)18-30(24)42-7;2-1-3/h11-14,18,21-23,25-26,29,31-32H,8-10,15-17,19-20H2,1-7H3,(H,36,37,38);/t23?,25-,26?,29-,31-,32+;/m1./s1. The van der Waals surface area contributed by atoms with Crippen LogP contribution in [0.3, 0.4) is 0 Å². The van der Waals surface area contributed by atoms with Gasteiger partial charge in [-0.15, -0.1) is 0 Å². The number of carbonyl (C=O) groups excluding carboxylic acids is 2. The third kappa shape index (κ3) is 7.64. The lowest BCUT2D eigenvalue weighted by Gasteiger charge is -2.46. The fourth-order valence-corrected chi connectivity index (χ4v) is 7.82. The average Bonchev–Trinajstić information content (AvgIpc) is 3.69. The van der Waals surface area contributed by atoms with Crippen molar-refractivity contribution in [2.24, 2.45) is 11.8 Å².